The third-order valence-corrected chi connectivity index (χ3v) is 9.39. The molecule has 0 saturated carbocycles. The molecule has 1 amide bonds. The number of pyridine rings is 1. The lowest BCUT2D eigenvalue weighted by atomic mass is 9.96. The molecule has 3 aromatic carbocycles. The molecule has 4 aromatic rings. The summed E-state index contributed by atoms with van der Waals surface area (Å²) < 4.78 is 20.0. The van der Waals surface area contributed by atoms with Crippen LogP contribution in [0, 0.1) is 11.3 Å². The van der Waals surface area contributed by atoms with Crippen LogP contribution in [0.2, 0.25) is 10.0 Å². The van der Waals surface area contributed by atoms with Crippen molar-refractivity contribution in [3.8, 4) is 23.1 Å². The Hall–Kier alpha value is -3.90. The van der Waals surface area contributed by atoms with E-state index in [9.17, 15) is 14.4 Å². The molecule has 0 bridgehead atoms. The van der Waals surface area contributed by atoms with Gasteiger partial charge in [-0.15, -0.1) is 0 Å². The number of halogens is 3. The van der Waals surface area contributed by atoms with Crippen LogP contribution in [-0.2, 0) is 4.79 Å². The second-order valence-electron chi connectivity index (χ2n) is 11.4. The van der Waals surface area contributed by atoms with Crippen molar-refractivity contribution in [1.29, 1.82) is 5.26 Å². The third kappa shape index (κ3) is 5.68. The molecule has 226 valence electrons. The first-order valence-electron chi connectivity index (χ1n) is 14.7. The van der Waals surface area contributed by atoms with E-state index in [1.165, 1.54) is 4.90 Å². The van der Waals surface area contributed by atoms with Gasteiger partial charge in [-0.2, -0.15) is 5.26 Å². The topological polar surface area (TPSA) is 81.5 Å². The fourth-order valence-electron chi connectivity index (χ4n) is 6.44. The number of benzene rings is 3. The Morgan fingerprint density at radius 3 is 2.59 bits per heavy atom. The van der Waals surface area contributed by atoms with E-state index in [0.717, 1.165) is 47.7 Å². The number of aromatic nitrogens is 1. The minimum absolute atomic E-state index is 0.223. The molecule has 7 nitrogen and oxygen atoms in total. The van der Waals surface area contributed by atoms with Crippen LogP contribution in [0.4, 0.5) is 10.1 Å². The van der Waals surface area contributed by atoms with Crippen molar-refractivity contribution in [3.05, 3.63) is 76.5 Å². The second kappa shape index (κ2) is 12.6. The van der Waals surface area contributed by atoms with E-state index in [-0.39, 0.29) is 23.5 Å². The number of likely N-dealkylation sites (N-methyl/N-ethyl adjacent to an activating group) is 1. The number of nitrogens with one attached hydrogen (secondary N) is 1. The average molecular weight is 633 g/mol. The highest BCUT2D eigenvalue weighted by Crippen LogP contribution is 2.42. The van der Waals surface area contributed by atoms with Crippen molar-refractivity contribution in [2.24, 2.45) is 0 Å². The maximum absolute atomic E-state index is 13.7. The number of fused-ring (bicyclic) bond motifs is 2. The Kier molecular flexibility index (Phi) is 8.64. The molecule has 44 heavy (non-hydrogen) atoms. The number of anilines is 1. The highest BCUT2D eigenvalue weighted by atomic mass is 35.5. The molecule has 2 fully saturated rings. The molecule has 0 radical (unpaired) electrons. The monoisotopic (exact) mass is 631 g/mol. The Labute approximate surface area is 265 Å². The minimum atomic E-state index is -0.982. The molecule has 2 saturated heterocycles. The molecule has 0 unspecified atom stereocenters. The minimum Gasteiger partial charge on any atom is -0.475 e. The van der Waals surface area contributed by atoms with Crippen molar-refractivity contribution < 1.29 is 13.9 Å². The number of hydrogen-bond acceptors (Lipinski definition) is 6. The molecule has 2 aliphatic rings. The lowest BCUT2D eigenvalue weighted by Gasteiger charge is -2.25. The van der Waals surface area contributed by atoms with Crippen LogP contribution >= 0.6 is 23.2 Å². The summed E-state index contributed by atoms with van der Waals surface area (Å²) in [5.41, 5.74) is 2.95. The predicted octanol–water partition coefficient (Wildman–Crippen LogP) is 7.59. The fourth-order valence-corrected chi connectivity index (χ4v) is 6.98. The third-order valence-electron chi connectivity index (χ3n) is 8.76. The summed E-state index contributed by atoms with van der Waals surface area (Å²) in [5.74, 6) is -1.46. The zero-order valence-corrected chi connectivity index (χ0v) is 25.9. The summed E-state index contributed by atoms with van der Waals surface area (Å²) in [6, 6.07) is 17.6. The smallest absolute Gasteiger partial charge is 0.282 e. The predicted molar refractivity (Wildman–Crippen MR) is 174 cm³/mol. The van der Waals surface area contributed by atoms with Crippen LogP contribution in [0.3, 0.4) is 0 Å². The number of nitrogens with zero attached hydrogens (tertiary/aromatic N) is 4. The Morgan fingerprint density at radius 1 is 1.11 bits per heavy atom. The number of likely N-dealkylation sites (tertiary alicyclic amines) is 2. The van der Waals surface area contributed by atoms with Gasteiger partial charge in [0.15, 0.2) is 5.83 Å². The maximum atomic E-state index is 13.7. The zero-order valence-electron chi connectivity index (χ0n) is 24.4. The fraction of sp³-hybridized carbons (Fsp3) is 0.324. The number of carbonyl (C=O) groups is 1. The van der Waals surface area contributed by atoms with Crippen LogP contribution in [0.1, 0.15) is 31.2 Å². The Balaban J connectivity index is 1.45. The van der Waals surface area contributed by atoms with E-state index in [0.29, 0.717) is 52.8 Å². The number of hydrogen-bond donors (Lipinski definition) is 1. The van der Waals surface area contributed by atoms with Gasteiger partial charge in [-0.05, 0) is 68.4 Å². The zero-order chi connectivity index (χ0) is 31.0. The SMILES string of the molecule is C=C(F)C(=O)N1CCC[C@H]1CNc1c(C#N)c(OC[C@@H]2CCCN2C)nc2cc(-c3cccc4cccc(Cl)c34)c(Cl)cc12. The van der Waals surface area contributed by atoms with Gasteiger partial charge in [0.25, 0.3) is 5.91 Å². The molecule has 3 heterocycles. The lowest BCUT2D eigenvalue weighted by molar-refractivity contribution is -0.129. The van der Waals surface area contributed by atoms with Gasteiger partial charge in [-0.3, -0.25) is 4.79 Å². The summed E-state index contributed by atoms with van der Waals surface area (Å²) >= 11 is 13.6. The number of nitriles is 1. The summed E-state index contributed by atoms with van der Waals surface area (Å²) in [6.07, 6.45) is 3.54. The maximum Gasteiger partial charge on any atom is 0.282 e. The van der Waals surface area contributed by atoms with Gasteiger partial charge in [-0.25, -0.2) is 9.37 Å². The van der Waals surface area contributed by atoms with Crippen molar-refractivity contribution in [2.75, 3.05) is 38.6 Å². The Bertz CT molecular complexity index is 1820. The van der Waals surface area contributed by atoms with Gasteiger partial charge < -0.3 is 19.9 Å². The van der Waals surface area contributed by atoms with Crippen molar-refractivity contribution in [2.45, 2.75) is 37.8 Å². The van der Waals surface area contributed by atoms with Crippen molar-refractivity contribution in [3.63, 3.8) is 0 Å². The number of carbonyl (C=O) groups excluding carboxylic acids is 1. The van der Waals surface area contributed by atoms with Crippen LogP contribution in [0.5, 0.6) is 5.88 Å². The number of rotatable bonds is 8. The normalized spacial score (nSPS) is 18.6. The molecular formula is C34H32Cl2FN5O2. The first-order chi connectivity index (χ1) is 21.3. The van der Waals surface area contributed by atoms with E-state index in [1.54, 1.807) is 6.07 Å². The Morgan fingerprint density at radius 2 is 1.86 bits per heavy atom. The van der Waals surface area contributed by atoms with E-state index in [4.69, 9.17) is 32.9 Å². The summed E-state index contributed by atoms with van der Waals surface area (Å²) in [5, 5.41) is 17.3. The highest BCUT2D eigenvalue weighted by Gasteiger charge is 2.31. The first-order valence-corrected chi connectivity index (χ1v) is 15.5. The molecule has 10 heteroatoms. The molecule has 0 aliphatic carbocycles. The average Bonchev–Trinajstić information content (AvgIpc) is 3.66. The molecular weight excluding hydrogens is 600 g/mol. The van der Waals surface area contributed by atoms with Gasteiger partial charge in [-0.1, -0.05) is 60.1 Å². The van der Waals surface area contributed by atoms with E-state index in [2.05, 4.69) is 29.9 Å². The van der Waals surface area contributed by atoms with E-state index in [1.807, 2.05) is 42.5 Å². The van der Waals surface area contributed by atoms with Crippen LogP contribution in [0.25, 0.3) is 32.8 Å². The highest BCUT2D eigenvalue weighted by molar-refractivity contribution is 6.38. The quantitative estimate of drug-likeness (QED) is 0.202. The summed E-state index contributed by atoms with van der Waals surface area (Å²) in [4.78, 5) is 21.0. The van der Waals surface area contributed by atoms with Gasteiger partial charge in [0.05, 0.1) is 11.2 Å². The van der Waals surface area contributed by atoms with Crippen LogP contribution < -0.4 is 10.1 Å². The lowest BCUT2D eigenvalue weighted by Crippen LogP contribution is -2.39. The van der Waals surface area contributed by atoms with E-state index >= 15 is 0 Å². The van der Waals surface area contributed by atoms with Crippen molar-refractivity contribution >= 4 is 56.5 Å². The molecule has 6 rings (SSSR count). The number of amides is 1. The first kappa shape index (κ1) is 30.1. The van der Waals surface area contributed by atoms with Gasteiger partial charge in [0.1, 0.15) is 18.2 Å². The summed E-state index contributed by atoms with van der Waals surface area (Å²) in [6.45, 7) is 5.32. The van der Waals surface area contributed by atoms with Crippen molar-refractivity contribution in [1.82, 2.24) is 14.8 Å². The van der Waals surface area contributed by atoms with Crippen LogP contribution in [-0.4, -0.2) is 66.1 Å². The molecule has 2 atom stereocenters. The van der Waals surface area contributed by atoms with Gasteiger partial charge >= 0.3 is 0 Å². The molecule has 1 aromatic heterocycles. The second-order valence-corrected chi connectivity index (χ2v) is 12.3. The van der Waals surface area contributed by atoms with Crippen LogP contribution in [0.15, 0.2) is 60.9 Å². The standard InChI is InChI=1S/C34H32Cl2FN5O2/c1-20(37)34(43)42-14-6-9-22(42)18-39-32-26-15-29(36)25(24-11-3-7-21-8-4-12-28(35)31(21)24)16-30(26)40-33(27(32)17-38)44-19-23-10-5-13-41(23)2/h3-4,7-8,11-12,15-16,22-23H,1,5-6,9-10,13-14,18-19H2,2H3,(H,39,40)/t22-,23-/m0/s1. The van der Waals surface area contributed by atoms with Gasteiger partial charge in [0.2, 0.25) is 5.88 Å². The van der Waals surface area contributed by atoms with E-state index < -0.39 is 11.7 Å². The molecule has 2 aliphatic heterocycles. The number of ether oxygens (including phenoxy) is 1. The largest absolute Gasteiger partial charge is 0.475 e. The van der Waals surface area contributed by atoms with Gasteiger partial charge in [0, 0.05) is 51.6 Å². The molecule has 0 spiro atoms. The molecule has 1 N–H and O–H groups in total. The summed E-state index contributed by atoms with van der Waals surface area (Å²) in [7, 11) is 2.07.